The minimum Gasteiger partial charge on any atom is -0.380 e. The second-order valence-electron chi connectivity index (χ2n) is 2.21. The summed E-state index contributed by atoms with van der Waals surface area (Å²) < 4.78 is 17.3. The molecule has 1 aromatic carbocycles. The van der Waals surface area contributed by atoms with Crippen molar-refractivity contribution >= 4 is 29.2 Å². The maximum absolute atomic E-state index is 12.6. The monoisotopic (exact) mass is 188 g/mol. The van der Waals surface area contributed by atoms with Gasteiger partial charge in [-0.3, -0.25) is 0 Å². The van der Waals surface area contributed by atoms with Gasteiger partial charge in [-0.25, -0.2) is 4.39 Å². The second kappa shape index (κ2) is 2.98. The van der Waals surface area contributed by atoms with Crippen LogP contribution >= 0.6 is 12.4 Å². The predicted octanol–water partition coefficient (Wildman–Crippen LogP) is 1.97. The lowest BCUT2D eigenvalue weighted by Crippen LogP contribution is -1.83. The van der Waals surface area contributed by atoms with Crippen molar-refractivity contribution in [2.45, 2.75) is 0 Å². The van der Waals surface area contributed by atoms with E-state index in [2.05, 4.69) is 5.16 Å². The van der Waals surface area contributed by atoms with Gasteiger partial charge >= 0.3 is 0 Å². The molecule has 0 aliphatic heterocycles. The zero-order valence-electron chi connectivity index (χ0n) is 5.95. The summed E-state index contributed by atoms with van der Waals surface area (Å²) in [5, 5.41) is 3.99. The van der Waals surface area contributed by atoms with E-state index in [9.17, 15) is 4.39 Å². The number of aromatic nitrogens is 1. The third kappa shape index (κ3) is 1.21. The Labute approximate surface area is 73.7 Å². The molecule has 5 heteroatoms. The van der Waals surface area contributed by atoms with E-state index < -0.39 is 0 Å². The number of rotatable bonds is 0. The topological polar surface area (TPSA) is 52.0 Å². The summed E-state index contributed by atoms with van der Waals surface area (Å²) in [6, 6.07) is 4.09. The molecule has 0 saturated carbocycles. The van der Waals surface area contributed by atoms with Crippen molar-refractivity contribution in [3.8, 4) is 0 Å². The van der Waals surface area contributed by atoms with E-state index in [-0.39, 0.29) is 24.0 Å². The summed E-state index contributed by atoms with van der Waals surface area (Å²) in [7, 11) is 0. The van der Waals surface area contributed by atoms with Crippen molar-refractivity contribution in [3.63, 3.8) is 0 Å². The maximum Gasteiger partial charge on any atom is 0.174 e. The van der Waals surface area contributed by atoms with Gasteiger partial charge < -0.3 is 10.3 Å². The number of halogens is 2. The standard InChI is InChI=1S/C7H5FN2O.ClH/c8-4-1-2-6-5(3-4)7(9)10-11-6;/h1-3H,(H2,9,10);1H. The van der Waals surface area contributed by atoms with Crippen molar-refractivity contribution < 1.29 is 8.91 Å². The Morgan fingerprint density at radius 1 is 1.42 bits per heavy atom. The summed E-state index contributed by atoms with van der Waals surface area (Å²) in [4.78, 5) is 0. The first-order valence-electron chi connectivity index (χ1n) is 3.08. The fraction of sp³-hybridized carbons (Fsp3) is 0. The van der Waals surface area contributed by atoms with Crippen LogP contribution in [0.25, 0.3) is 11.0 Å². The lowest BCUT2D eigenvalue weighted by atomic mass is 10.2. The van der Waals surface area contributed by atoms with Crippen LogP contribution in [0.3, 0.4) is 0 Å². The van der Waals surface area contributed by atoms with Gasteiger partial charge in [-0.15, -0.1) is 12.4 Å². The molecule has 0 fully saturated rings. The number of hydrogen-bond acceptors (Lipinski definition) is 3. The van der Waals surface area contributed by atoms with Crippen molar-refractivity contribution in [1.29, 1.82) is 0 Å². The lowest BCUT2D eigenvalue weighted by Gasteiger charge is -1.86. The Bertz CT molecular complexity index is 401. The quantitative estimate of drug-likeness (QED) is 0.688. The van der Waals surface area contributed by atoms with E-state index in [1.807, 2.05) is 0 Å². The van der Waals surface area contributed by atoms with Crippen LogP contribution in [0.15, 0.2) is 22.7 Å². The van der Waals surface area contributed by atoms with E-state index in [0.29, 0.717) is 11.0 Å². The van der Waals surface area contributed by atoms with Gasteiger partial charge in [0.1, 0.15) is 5.82 Å². The largest absolute Gasteiger partial charge is 0.380 e. The highest BCUT2D eigenvalue weighted by atomic mass is 35.5. The molecule has 0 bridgehead atoms. The molecule has 0 aliphatic carbocycles. The van der Waals surface area contributed by atoms with Crippen molar-refractivity contribution in [3.05, 3.63) is 24.0 Å². The van der Waals surface area contributed by atoms with Gasteiger partial charge in [-0.05, 0) is 18.2 Å². The Hall–Kier alpha value is -1.29. The molecule has 0 spiro atoms. The average molecular weight is 189 g/mol. The molecule has 0 saturated heterocycles. The van der Waals surface area contributed by atoms with E-state index in [1.165, 1.54) is 18.2 Å². The highest BCUT2D eigenvalue weighted by molar-refractivity contribution is 5.86. The molecule has 2 rings (SSSR count). The zero-order valence-corrected chi connectivity index (χ0v) is 6.77. The highest BCUT2D eigenvalue weighted by Gasteiger charge is 2.04. The van der Waals surface area contributed by atoms with E-state index in [1.54, 1.807) is 0 Å². The van der Waals surface area contributed by atoms with Gasteiger partial charge in [0.2, 0.25) is 0 Å². The van der Waals surface area contributed by atoms with Crippen LogP contribution in [0.1, 0.15) is 0 Å². The molecule has 2 aromatic rings. The van der Waals surface area contributed by atoms with Crippen LogP contribution in [-0.2, 0) is 0 Å². The number of nitrogens with zero attached hydrogens (tertiary/aromatic N) is 1. The summed E-state index contributed by atoms with van der Waals surface area (Å²) in [6.07, 6.45) is 0. The Morgan fingerprint density at radius 2 is 2.17 bits per heavy atom. The fourth-order valence-electron chi connectivity index (χ4n) is 0.929. The van der Waals surface area contributed by atoms with Crippen LogP contribution in [0.4, 0.5) is 10.2 Å². The Balaban J connectivity index is 0.000000720. The van der Waals surface area contributed by atoms with Gasteiger partial charge in [0.15, 0.2) is 11.4 Å². The minimum absolute atomic E-state index is 0. The van der Waals surface area contributed by atoms with Crippen LogP contribution < -0.4 is 5.73 Å². The van der Waals surface area contributed by atoms with Crippen LogP contribution in [0, 0.1) is 5.82 Å². The van der Waals surface area contributed by atoms with Crippen molar-refractivity contribution in [2.24, 2.45) is 0 Å². The Morgan fingerprint density at radius 3 is 2.92 bits per heavy atom. The number of nitrogen functional groups attached to an aromatic ring is 1. The number of hydrogen-bond donors (Lipinski definition) is 1. The molecular weight excluding hydrogens is 183 g/mol. The molecule has 0 aliphatic rings. The first-order chi connectivity index (χ1) is 5.27. The van der Waals surface area contributed by atoms with Crippen LogP contribution in [-0.4, -0.2) is 5.16 Å². The number of anilines is 1. The van der Waals surface area contributed by atoms with Crippen LogP contribution in [0.5, 0.6) is 0 Å². The van der Waals surface area contributed by atoms with Gasteiger partial charge in [0.25, 0.3) is 0 Å². The summed E-state index contributed by atoms with van der Waals surface area (Å²) in [5.41, 5.74) is 5.88. The Kier molecular flexibility index (Phi) is 2.19. The fourth-order valence-corrected chi connectivity index (χ4v) is 0.929. The average Bonchev–Trinajstić information content (AvgIpc) is 2.33. The van der Waals surface area contributed by atoms with E-state index in [0.717, 1.165) is 0 Å². The summed E-state index contributed by atoms with van der Waals surface area (Å²) >= 11 is 0. The zero-order chi connectivity index (χ0) is 7.84. The maximum atomic E-state index is 12.6. The second-order valence-corrected chi connectivity index (χ2v) is 2.21. The van der Waals surface area contributed by atoms with Gasteiger partial charge in [-0.1, -0.05) is 5.16 Å². The third-order valence-corrected chi connectivity index (χ3v) is 1.46. The molecule has 64 valence electrons. The molecule has 0 atom stereocenters. The lowest BCUT2D eigenvalue weighted by molar-refractivity contribution is 0.460. The molecule has 3 nitrogen and oxygen atoms in total. The van der Waals surface area contributed by atoms with E-state index in [4.69, 9.17) is 10.3 Å². The molecular formula is C7H6ClFN2O. The third-order valence-electron chi connectivity index (χ3n) is 1.46. The normalized spacial score (nSPS) is 9.75. The molecule has 1 aromatic heterocycles. The SMILES string of the molecule is Cl.Nc1noc2ccc(F)cc12. The molecule has 2 N–H and O–H groups in total. The number of fused-ring (bicyclic) bond motifs is 1. The van der Waals surface area contributed by atoms with Crippen LogP contribution in [0.2, 0.25) is 0 Å². The number of nitrogens with two attached hydrogens (primary N) is 1. The minimum atomic E-state index is -0.340. The smallest absolute Gasteiger partial charge is 0.174 e. The first-order valence-corrected chi connectivity index (χ1v) is 3.08. The number of benzene rings is 1. The van der Waals surface area contributed by atoms with Gasteiger partial charge in [-0.2, -0.15) is 0 Å². The molecule has 12 heavy (non-hydrogen) atoms. The van der Waals surface area contributed by atoms with Crippen molar-refractivity contribution in [1.82, 2.24) is 5.16 Å². The molecule has 0 radical (unpaired) electrons. The van der Waals surface area contributed by atoms with Gasteiger partial charge in [0, 0.05) is 0 Å². The highest BCUT2D eigenvalue weighted by Crippen LogP contribution is 2.20. The van der Waals surface area contributed by atoms with Gasteiger partial charge in [0.05, 0.1) is 5.39 Å². The van der Waals surface area contributed by atoms with E-state index >= 15 is 0 Å². The molecule has 1 heterocycles. The predicted molar refractivity (Wildman–Crippen MR) is 45.6 cm³/mol. The molecule has 0 amide bonds. The summed E-state index contributed by atoms with van der Waals surface area (Å²) in [5.74, 6) is -0.119. The molecule has 0 unspecified atom stereocenters. The first kappa shape index (κ1) is 8.80. The van der Waals surface area contributed by atoms with Crippen molar-refractivity contribution in [2.75, 3.05) is 5.73 Å². The summed E-state index contributed by atoms with van der Waals surface area (Å²) in [6.45, 7) is 0.